The van der Waals surface area contributed by atoms with Gasteiger partial charge in [-0.15, -0.1) is 0 Å². The second-order valence-corrected chi connectivity index (χ2v) is 9.94. The summed E-state index contributed by atoms with van der Waals surface area (Å²) >= 11 is 0. The molecule has 4 aromatic rings. The molecule has 0 bridgehead atoms. The van der Waals surface area contributed by atoms with Crippen LogP contribution in [0.4, 0.5) is 10.1 Å². The first-order valence-electron chi connectivity index (χ1n) is 12.6. The number of hydrogen-bond donors (Lipinski definition) is 1. The van der Waals surface area contributed by atoms with E-state index in [1.54, 1.807) is 31.1 Å². The van der Waals surface area contributed by atoms with Crippen LogP contribution in [-0.4, -0.2) is 70.6 Å². The molecule has 37 heavy (non-hydrogen) atoms. The molecule has 8 heteroatoms. The number of benzene rings is 1. The Labute approximate surface area is 216 Å². The molecule has 0 saturated carbocycles. The third kappa shape index (κ3) is 4.93. The van der Waals surface area contributed by atoms with Crippen molar-refractivity contribution in [3.05, 3.63) is 77.7 Å². The lowest BCUT2D eigenvalue weighted by molar-refractivity contribution is 0.0827. The monoisotopic (exact) mass is 500 g/mol. The number of nitrogens with zero attached hydrogens (tertiary/aromatic N) is 5. The fraction of sp³-hybridized carbons (Fsp3) is 0.345. The summed E-state index contributed by atoms with van der Waals surface area (Å²) in [5.41, 5.74) is 6.46. The predicted octanol–water partition coefficient (Wildman–Crippen LogP) is 4.71. The van der Waals surface area contributed by atoms with E-state index >= 15 is 4.39 Å². The van der Waals surface area contributed by atoms with Crippen LogP contribution in [0.25, 0.3) is 22.3 Å². The predicted molar refractivity (Wildman–Crippen MR) is 145 cm³/mol. The van der Waals surface area contributed by atoms with Crippen LogP contribution in [-0.2, 0) is 13.6 Å². The minimum Gasteiger partial charge on any atom is -0.387 e. The SMILES string of the molecule is CNc1ccc(-c2ccnc3c2cc(CN2CC[C@@H](c4ccc(C(=O)N(C)C)cc4)[C@@H](F)C2)n3C)nc1. The van der Waals surface area contributed by atoms with Crippen molar-refractivity contribution in [2.45, 2.75) is 25.1 Å². The molecule has 7 nitrogen and oxygen atoms in total. The first kappa shape index (κ1) is 24.9. The molecule has 2 atom stereocenters. The van der Waals surface area contributed by atoms with E-state index in [0.717, 1.165) is 52.2 Å². The smallest absolute Gasteiger partial charge is 0.253 e. The van der Waals surface area contributed by atoms with Crippen molar-refractivity contribution in [1.29, 1.82) is 0 Å². The second-order valence-electron chi connectivity index (χ2n) is 9.94. The maximum atomic E-state index is 15.4. The Kier molecular flexibility index (Phi) is 6.93. The molecule has 0 radical (unpaired) electrons. The van der Waals surface area contributed by atoms with Crippen LogP contribution in [0.1, 0.15) is 34.0 Å². The lowest BCUT2D eigenvalue weighted by atomic mass is 9.87. The molecule has 0 aliphatic carbocycles. The van der Waals surface area contributed by atoms with Gasteiger partial charge in [-0.2, -0.15) is 0 Å². The number of halogens is 1. The molecule has 1 amide bonds. The first-order valence-corrected chi connectivity index (χ1v) is 12.6. The number of aryl methyl sites for hydroxylation is 1. The summed E-state index contributed by atoms with van der Waals surface area (Å²) in [6, 6.07) is 15.6. The lowest BCUT2D eigenvalue weighted by Gasteiger charge is -2.35. The van der Waals surface area contributed by atoms with Gasteiger partial charge in [0.1, 0.15) is 11.8 Å². The van der Waals surface area contributed by atoms with Crippen LogP contribution in [0.3, 0.4) is 0 Å². The van der Waals surface area contributed by atoms with E-state index in [-0.39, 0.29) is 11.8 Å². The zero-order valence-electron chi connectivity index (χ0n) is 21.8. The summed E-state index contributed by atoms with van der Waals surface area (Å²) in [5.74, 6) is -0.205. The van der Waals surface area contributed by atoms with Crippen molar-refractivity contribution in [2.75, 3.05) is 39.5 Å². The van der Waals surface area contributed by atoms with Crippen LogP contribution < -0.4 is 5.32 Å². The molecule has 192 valence electrons. The maximum Gasteiger partial charge on any atom is 0.253 e. The van der Waals surface area contributed by atoms with Gasteiger partial charge in [0.2, 0.25) is 0 Å². The van der Waals surface area contributed by atoms with E-state index in [2.05, 4.69) is 30.8 Å². The number of amides is 1. The molecule has 1 saturated heterocycles. The highest BCUT2D eigenvalue weighted by atomic mass is 19.1. The summed E-state index contributed by atoms with van der Waals surface area (Å²) in [6.45, 7) is 1.83. The highest BCUT2D eigenvalue weighted by molar-refractivity contribution is 5.94. The topological polar surface area (TPSA) is 66.3 Å². The van der Waals surface area contributed by atoms with Crippen LogP contribution in [0.2, 0.25) is 0 Å². The van der Waals surface area contributed by atoms with Crippen molar-refractivity contribution in [3.63, 3.8) is 0 Å². The zero-order valence-corrected chi connectivity index (χ0v) is 21.8. The number of pyridine rings is 2. The summed E-state index contributed by atoms with van der Waals surface area (Å²) in [5, 5.41) is 4.14. The van der Waals surface area contributed by atoms with Crippen LogP contribution in [0.15, 0.2) is 60.9 Å². The summed E-state index contributed by atoms with van der Waals surface area (Å²) in [6.07, 6.45) is 3.40. The Morgan fingerprint density at radius 3 is 2.57 bits per heavy atom. The second kappa shape index (κ2) is 10.3. The molecule has 1 fully saturated rings. The number of aromatic nitrogens is 3. The van der Waals surface area contributed by atoms with Gasteiger partial charge in [0.25, 0.3) is 5.91 Å². The maximum absolute atomic E-state index is 15.4. The Hall–Kier alpha value is -3.78. The van der Waals surface area contributed by atoms with Gasteiger partial charge in [0.05, 0.1) is 17.6 Å². The van der Waals surface area contributed by atoms with Gasteiger partial charge in [-0.3, -0.25) is 14.7 Å². The molecule has 1 N–H and O–H groups in total. The van der Waals surface area contributed by atoms with Crippen molar-refractivity contribution >= 4 is 22.6 Å². The number of fused-ring (bicyclic) bond motifs is 1. The minimum atomic E-state index is -0.970. The molecule has 0 unspecified atom stereocenters. The molecule has 1 aliphatic rings. The molecule has 1 aliphatic heterocycles. The first-order chi connectivity index (χ1) is 17.9. The summed E-state index contributed by atoms with van der Waals surface area (Å²) in [4.78, 5) is 25.1. The lowest BCUT2D eigenvalue weighted by Crippen LogP contribution is -2.40. The number of alkyl halides is 1. The fourth-order valence-electron chi connectivity index (χ4n) is 5.19. The fourth-order valence-corrected chi connectivity index (χ4v) is 5.19. The van der Waals surface area contributed by atoms with Crippen molar-refractivity contribution in [2.24, 2.45) is 7.05 Å². The number of rotatable bonds is 6. The largest absolute Gasteiger partial charge is 0.387 e. The van der Waals surface area contributed by atoms with Gasteiger partial charge in [0, 0.05) is 75.6 Å². The highest BCUT2D eigenvalue weighted by Gasteiger charge is 2.31. The highest BCUT2D eigenvalue weighted by Crippen LogP contribution is 2.33. The number of piperidine rings is 1. The van der Waals surface area contributed by atoms with Crippen molar-refractivity contribution < 1.29 is 9.18 Å². The van der Waals surface area contributed by atoms with Crippen molar-refractivity contribution in [3.8, 4) is 11.3 Å². The van der Waals surface area contributed by atoms with E-state index in [9.17, 15) is 4.79 Å². The van der Waals surface area contributed by atoms with Crippen LogP contribution >= 0.6 is 0 Å². The number of nitrogens with one attached hydrogen (secondary N) is 1. The number of hydrogen-bond acceptors (Lipinski definition) is 5. The Morgan fingerprint density at radius 2 is 1.92 bits per heavy atom. The molecule has 4 heterocycles. The third-order valence-electron chi connectivity index (χ3n) is 7.36. The van der Waals surface area contributed by atoms with Crippen LogP contribution in [0.5, 0.6) is 0 Å². The quantitative estimate of drug-likeness (QED) is 0.416. The average molecular weight is 501 g/mol. The van der Waals surface area contributed by atoms with Crippen molar-refractivity contribution in [1.82, 2.24) is 24.3 Å². The Balaban J connectivity index is 1.31. The van der Waals surface area contributed by atoms with E-state index in [1.165, 1.54) is 0 Å². The molecule has 5 rings (SSSR count). The normalized spacial score (nSPS) is 18.2. The summed E-state index contributed by atoms with van der Waals surface area (Å²) in [7, 11) is 7.35. The van der Waals surface area contributed by atoms with Gasteiger partial charge in [-0.05, 0) is 54.9 Å². The molecule has 0 spiro atoms. The minimum absolute atomic E-state index is 0.0449. The number of likely N-dealkylation sites (tertiary alicyclic amines) is 1. The van der Waals surface area contributed by atoms with Crippen LogP contribution in [0, 0.1) is 0 Å². The standard InChI is InChI=1S/C29H33FN6O/c1-31-21-9-10-27(33-16-21)24-11-13-32-28-25(24)15-22(35(28)4)17-36-14-12-23(26(30)18-36)19-5-7-20(8-6-19)29(37)34(2)3/h5-11,13,15-16,23,26,31H,12,14,17-18H2,1-4H3/t23-,26-/m0/s1. The van der Waals surface area contributed by atoms with Gasteiger partial charge >= 0.3 is 0 Å². The molecule has 3 aromatic heterocycles. The van der Waals surface area contributed by atoms with Gasteiger partial charge in [0.15, 0.2) is 0 Å². The zero-order chi connectivity index (χ0) is 26.1. The van der Waals surface area contributed by atoms with Gasteiger partial charge in [-0.1, -0.05) is 12.1 Å². The number of carbonyl (C=O) groups is 1. The number of carbonyl (C=O) groups excluding carboxylic acids is 1. The van der Waals surface area contributed by atoms with Gasteiger partial charge < -0.3 is 14.8 Å². The molecular weight excluding hydrogens is 467 g/mol. The third-order valence-corrected chi connectivity index (χ3v) is 7.36. The Morgan fingerprint density at radius 1 is 1.14 bits per heavy atom. The van der Waals surface area contributed by atoms with E-state index in [1.807, 2.05) is 56.8 Å². The average Bonchev–Trinajstić information content (AvgIpc) is 3.23. The number of anilines is 1. The van der Waals surface area contributed by atoms with Gasteiger partial charge in [-0.25, -0.2) is 9.37 Å². The molecule has 1 aromatic carbocycles. The molecular formula is C29H33FN6O. The Bertz CT molecular complexity index is 1400. The van der Waals surface area contributed by atoms with E-state index in [4.69, 9.17) is 0 Å². The van der Waals surface area contributed by atoms with E-state index in [0.29, 0.717) is 18.7 Å². The van der Waals surface area contributed by atoms with E-state index < -0.39 is 6.17 Å². The summed E-state index contributed by atoms with van der Waals surface area (Å²) < 4.78 is 17.5.